The Morgan fingerprint density at radius 3 is 2.39 bits per heavy atom. The van der Waals surface area contributed by atoms with E-state index in [-0.39, 0.29) is 6.04 Å². The van der Waals surface area contributed by atoms with Gasteiger partial charge in [0.25, 0.3) is 0 Å². The minimum absolute atomic E-state index is 0.0713. The summed E-state index contributed by atoms with van der Waals surface area (Å²) in [5, 5.41) is 2.53. The Labute approximate surface area is 109 Å². The topological polar surface area (TPSA) is 29.3 Å². The molecule has 2 nitrogen and oxygen atoms in total. The van der Waals surface area contributed by atoms with Crippen LogP contribution in [0.4, 0.5) is 0 Å². The van der Waals surface area contributed by atoms with E-state index < -0.39 is 0 Å². The van der Waals surface area contributed by atoms with Crippen LogP contribution in [0.25, 0.3) is 10.8 Å². The van der Waals surface area contributed by atoms with Gasteiger partial charge in [-0.25, -0.2) is 0 Å². The second-order valence-corrected chi connectivity index (χ2v) is 5.25. The van der Waals surface area contributed by atoms with Gasteiger partial charge in [-0.1, -0.05) is 36.4 Å². The summed E-state index contributed by atoms with van der Waals surface area (Å²) < 4.78 is 0. The fourth-order valence-corrected chi connectivity index (χ4v) is 2.06. The van der Waals surface area contributed by atoms with E-state index in [0.29, 0.717) is 6.04 Å². The molecule has 0 spiro atoms. The zero-order chi connectivity index (χ0) is 13.1. The molecule has 0 heterocycles. The smallest absolute Gasteiger partial charge is 0.0424 e. The summed E-state index contributed by atoms with van der Waals surface area (Å²) in [6.07, 6.45) is 0. The zero-order valence-electron chi connectivity index (χ0n) is 11.4. The monoisotopic (exact) mass is 242 g/mol. The first-order valence-corrected chi connectivity index (χ1v) is 6.52. The van der Waals surface area contributed by atoms with Gasteiger partial charge in [0.05, 0.1) is 0 Å². The number of benzene rings is 2. The van der Waals surface area contributed by atoms with Crippen molar-refractivity contribution >= 4 is 10.8 Å². The van der Waals surface area contributed by atoms with Crippen LogP contribution in [0.15, 0.2) is 42.5 Å². The lowest BCUT2D eigenvalue weighted by Crippen LogP contribution is -2.33. The van der Waals surface area contributed by atoms with Crippen molar-refractivity contribution in [1.29, 1.82) is 0 Å². The van der Waals surface area contributed by atoms with Gasteiger partial charge in [-0.2, -0.15) is 0 Å². The Morgan fingerprint density at radius 1 is 1.06 bits per heavy atom. The number of nitrogens with two attached hydrogens (primary N) is 1. The Kier molecular flexibility index (Phi) is 4.00. The highest BCUT2D eigenvalue weighted by Gasteiger charge is 2.11. The van der Waals surface area contributed by atoms with Gasteiger partial charge in [0, 0.05) is 18.6 Å². The van der Waals surface area contributed by atoms with E-state index in [0.717, 1.165) is 6.54 Å². The van der Waals surface area contributed by atoms with Crippen LogP contribution >= 0.6 is 0 Å². The van der Waals surface area contributed by atoms with Crippen LogP contribution in [0.5, 0.6) is 0 Å². The number of hydrogen-bond acceptors (Lipinski definition) is 2. The minimum atomic E-state index is 0.0713. The average Bonchev–Trinajstić information content (AvgIpc) is 2.37. The number of fused-ring (bicyclic) bond motifs is 1. The SMILES string of the molecule is CC(C)N(C)CC(N)c1ccc2ccccc2c1. The molecule has 2 aromatic rings. The van der Waals surface area contributed by atoms with Crippen LogP contribution in [-0.2, 0) is 0 Å². The largest absolute Gasteiger partial charge is 0.323 e. The highest BCUT2D eigenvalue weighted by Crippen LogP contribution is 2.20. The average molecular weight is 242 g/mol. The van der Waals surface area contributed by atoms with E-state index in [1.807, 2.05) is 0 Å². The first-order valence-electron chi connectivity index (χ1n) is 6.52. The fourth-order valence-electron chi connectivity index (χ4n) is 2.06. The highest BCUT2D eigenvalue weighted by molar-refractivity contribution is 5.83. The van der Waals surface area contributed by atoms with E-state index in [2.05, 4.69) is 68.3 Å². The van der Waals surface area contributed by atoms with Crippen LogP contribution in [0, 0.1) is 0 Å². The molecular weight excluding hydrogens is 220 g/mol. The van der Waals surface area contributed by atoms with Crippen LogP contribution in [0.1, 0.15) is 25.5 Å². The van der Waals surface area contributed by atoms with Gasteiger partial charge in [-0.15, -0.1) is 0 Å². The number of nitrogens with zero attached hydrogens (tertiary/aromatic N) is 1. The second kappa shape index (κ2) is 5.51. The van der Waals surface area contributed by atoms with Gasteiger partial charge < -0.3 is 10.6 Å². The third-order valence-electron chi connectivity index (χ3n) is 3.57. The van der Waals surface area contributed by atoms with Crippen molar-refractivity contribution in [3.05, 3.63) is 48.0 Å². The molecule has 2 aromatic carbocycles. The number of likely N-dealkylation sites (N-methyl/N-ethyl adjacent to an activating group) is 1. The molecule has 2 rings (SSSR count). The summed E-state index contributed by atoms with van der Waals surface area (Å²) >= 11 is 0. The molecule has 0 aliphatic carbocycles. The van der Waals surface area contributed by atoms with Crippen molar-refractivity contribution in [3.63, 3.8) is 0 Å². The molecule has 0 aliphatic heterocycles. The second-order valence-electron chi connectivity index (χ2n) is 5.25. The maximum atomic E-state index is 6.28. The lowest BCUT2D eigenvalue weighted by Gasteiger charge is -2.25. The maximum absolute atomic E-state index is 6.28. The molecule has 2 heteroatoms. The molecule has 1 unspecified atom stereocenters. The molecule has 96 valence electrons. The van der Waals surface area contributed by atoms with Crippen molar-refractivity contribution < 1.29 is 0 Å². The summed E-state index contributed by atoms with van der Waals surface area (Å²) in [6, 6.07) is 15.5. The quantitative estimate of drug-likeness (QED) is 0.892. The van der Waals surface area contributed by atoms with Crippen LogP contribution < -0.4 is 5.73 Å². The first-order chi connectivity index (χ1) is 8.58. The van der Waals surface area contributed by atoms with Gasteiger partial charge in [0.15, 0.2) is 0 Å². The van der Waals surface area contributed by atoms with Crippen molar-refractivity contribution in [2.24, 2.45) is 5.73 Å². The molecular formula is C16H22N2. The molecule has 0 aromatic heterocycles. The molecule has 0 bridgehead atoms. The predicted octanol–water partition coefficient (Wildman–Crippen LogP) is 3.18. The lowest BCUT2D eigenvalue weighted by molar-refractivity contribution is 0.258. The van der Waals surface area contributed by atoms with Gasteiger partial charge >= 0.3 is 0 Å². The zero-order valence-corrected chi connectivity index (χ0v) is 11.4. The third-order valence-corrected chi connectivity index (χ3v) is 3.57. The normalized spacial score (nSPS) is 13.4. The van der Waals surface area contributed by atoms with Gasteiger partial charge in [-0.05, 0) is 43.3 Å². The van der Waals surface area contributed by atoms with Crippen LogP contribution in [-0.4, -0.2) is 24.5 Å². The Balaban J connectivity index is 2.20. The van der Waals surface area contributed by atoms with E-state index in [9.17, 15) is 0 Å². The van der Waals surface area contributed by atoms with Crippen molar-refractivity contribution in [2.75, 3.05) is 13.6 Å². The Morgan fingerprint density at radius 2 is 1.72 bits per heavy atom. The van der Waals surface area contributed by atoms with Gasteiger partial charge in [-0.3, -0.25) is 0 Å². The maximum Gasteiger partial charge on any atom is 0.0424 e. The third kappa shape index (κ3) is 2.89. The number of rotatable bonds is 4. The fraction of sp³-hybridized carbons (Fsp3) is 0.375. The Hall–Kier alpha value is -1.38. The molecule has 0 aliphatic rings. The van der Waals surface area contributed by atoms with E-state index >= 15 is 0 Å². The van der Waals surface area contributed by atoms with Crippen molar-refractivity contribution in [3.8, 4) is 0 Å². The minimum Gasteiger partial charge on any atom is -0.323 e. The Bertz CT molecular complexity index is 519. The van der Waals surface area contributed by atoms with Gasteiger partial charge in [0.1, 0.15) is 0 Å². The molecule has 18 heavy (non-hydrogen) atoms. The van der Waals surface area contributed by atoms with Gasteiger partial charge in [0.2, 0.25) is 0 Å². The molecule has 0 amide bonds. The molecule has 0 saturated heterocycles. The lowest BCUT2D eigenvalue weighted by atomic mass is 10.0. The summed E-state index contributed by atoms with van der Waals surface area (Å²) in [4.78, 5) is 2.28. The molecule has 2 N–H and O–H groups in total. The van der Waals surface area contributed by atoms with Crippen LogP contribution in [0.3, 0.4) is 0 Å². The van der Waals surface area contributed by atoms with Crippen molar-refractivity contribution in [1.82, 2.24) is 4.90 Å². The molecule has 0 fully saturated rings. The standard InChI is InChI=1S/C16H22N2/c1-12(2)18(3)11-16(17)15-9-8-13-6-4-5-7-14(13)10-15/h4-10,12,16H,11,17H2,1-3H3. The molecule has 0 saturated carbocycles. The summed E-state index contributed by atoms with van der Waals surface area (Å²) in [6.45, 7) is 5.26. The molecule has 0 radical (unpaired) electrons. The van der Waals surface area contributed by atoms with Crippen molar-refractivity contribution in [2.45, 2.75) is 25.9 Å². The van der Waals surface area contributed by atoms with E-state index in [1.165, 1.54) is 16.3 Å². The molecule has 1 atom stereocenters. The van der Waals surface area contributed by atoms with E-state index in [4.69, 9.17) is 5.73 Å². The predicted molar refractivity (Wildman–Crippen MR) is 78.6 cm³/mol. The summed E-state index contributed by atoms with van der Waals surface area (Å²) in [5.74, 6) is 0. The van der Waals surface area contributed by atoms with E-state index in [1.54, 1.807) is 0 Å². The summed E-state index contributed by atoms with van der Waals surface area (Å²) in [5.41, 5.74) is 7.49. The summed E-state index contributed by atoms with van der Waals surface area (Å²) in [7, 11) is 2.12. The highest BCUT2D eigenvalue weighted by atomic mass is 15.1. The first kappa shape index (κ1) is 13.1. The number of hydrogen-bond donors (Lipinski definition) is 1. The van der Waals surface area contributed by atoms with Crippen LogP contribution in [0.2, 0.25) is 0 Å².